The van der Waals surface area contributed by atoms with E-state index < -0.39 is 11.4 Å². The third kappa shape index (κ3) is 4.21. The van der Waals surface area contributed by atoms with Crippen molar-refractivity contribution in [1.82, 2.24) is 9.13 Å². The highest BCUT2D eigenvalue weighted by molar-refractivity contribution is 7.71. The van der Waals surface area contributed by atoms with Gasteiger partial charge >= 0.3 is 0 Å². The van der Waals surface area contributed by atoms with Gasteiger partial charge in [-0.25, -0.2) is 0 Å². The van der Waals surface area contributed by atoms with Crippen LogP contribution in [0.25, 0.3) is 11.4 Å². The molecule has 0 saturated carbocycles. The first kappa shape index (κ1) is 21.2. The average Bonchev–Trinajstić information content (AvgIpc) is 2.82. The average molecular weight is 445 g/mol. The third-order valence-corrected chi connectivity index (χ3v) is 5.02. The monoisotopic (exact) mass is 444 g/mol. The number of hydrogen-bond acceptors (Lipinski definition) is 6. The molecule has 32 heavy (non-hydrogen) atoms. The zero-order chi connectivity index (χ0) is 22.5. The highest BCUT2D eigenvalue weighted by Crippen LogP contribution is 2.29. The first-order valence-corrected chi connectivity index (χ1v) is 10.4. The van der Waals surface area contributed by atoms with Crippen LogP contribution in [0.5, 0.6) is 11.6 Å². The van der Waals surface area contributed by atoms with E-state index >= 15 is 0 Å². The van der Waals surface area contributed by atoms with E-state index in [2.05, 4.69) is 10.2 Å². The van der Waals surface area contributed by atoms with Crippen molar-refractivity contribution in [2.75, 3.05) is 6.61 Å². The number of benzene rings is 3. The molecule has 0 radical (unpaired) electrons. The van der Waals surface area contributed by atoms with Gasteiger partial charge in [-0.1, -0.05) is 36.4 Å². The lowest BCUT2D eigenvalue weighted by molar-refractivity contribution is 0.340. The first-order chi connectivity index (χ1) is 15.6. The Morgan fingerprint density at radius 2 is 1.44 bits per heavy atom. The molecule has 1 heterocycles. The number of nitrogens with zero attached hydrogens (tertiary/aromatic N) is 4. The maximum atomic E-state index is 13.3. The lowest BCUT2D eigenvalue weighted by Crippen LogP contribution is -2.23. The molecule has 3 aromatic carbocycles. The fraction of sp³-hybridized carbons (Fsp3) is 0.0833. The molecule has 0 saturated heterocycles. The van der Waals surface area contributed by atoms with E-state index in [-0.39, 0.29) is 10.5 Å². The normalized spacial score (nSPS) is 11.0. The summed E-state index contributed by atoms with van der Waals surface area (Å²) in [5.41, 5.74) is 0.864. The number of hydrogen-bond donors (Lipinski definition) is 1. The zero-order valence-corrected chi connectivity index (χ0v) is 18.1. The largest absolute Gasteiger partial charge is 0.494 e. The van der Waals surface area contributed by atoms with Crippen molar-refractivity contribution in [1.29, 1.82) is 0 Å². The number of ether oxygens (including phenoxy) is 1. The Bertz CT molecular complexity index is 1360. The molecule has 0 fully saturated rings. The Balaban J connectivity index is 1.96. The van der Waals surface area contributed by atoms with Crippen LogP contribution in [0.2, 0.25) is 0 Å². The van der Waals surface area contributed by atoms with Crippen LogP contribution >= 0.6 is 12.2 Å². The summed E-state index contributed by atoms with van der Waals surface area (Å²) < 4.78 is 8.30. The Kier molecular flexibility index (Phi) is 6.23. The van der Waals surface area contributed by atoms with Crippen molar-refractivity contribution in [3.63, 3.8) is 0 Å². The van der Waals surface area contributed by atoms with Crippen molar-refractivity contribution in [3.8, 4) is 23.0 Å². The van der Waals surface area contributed by atoms with Gasteiger partial charge in [0.1, 0.15) is 5.75 Å². The molecule has 0 atom stereocenters. The molecule has 0 spiro atoms. The lowest BCUT2D eigenvalue weighted by atomic mass is 10.3. The smallest absolute Gasteiger partial charge is 0.290 e. The van der Waals surface area contributed by atoms with Crippen LogP contribution in [-0.2, 0) is 0 Å². The molecular formula is C24H20N4O3S. The number of para-hydroxylation sites is 1. The van der Waals surface area contributed by atoms with Crippen LogP contribution in [0.3, 0.4) is 0 Å². The van der Waals surface area contributed by atoms with Gasteiger partial charge in [-0.3, -0.25) is 13.9 Å². The SMILES string of the molecule is CCOc1ccc(-n2c(O)c(N=Nc3ccccc3)c(=O)n(-c3ccccc3)c2=S)cc1. The summed E-state index contributed by atoms with van der Waals surface area (Å²) >= 11 is 5.61. The quantitative estimate of drug-likeness (QED) is 0.298. The fourth-order valence-electron chi connectivity index (χ4n) is 3.17. The van der Waals surface area contributed by atoms with E-state index in [9.17, 15) is 9.90 Å². The molecule has 0 aliphatic carbocycles. The summed E-state index contributed by atoms with van der Waals surface area (Å²) in [6.07, 6.45) is 0. The minimum absolute atomic E-state index is 0.0986. The molecule has 7 nitrogen and oxygen atoms in total. The Labute approximate surface area is 189 Å². The minimum Gasteiger partial charge on any atom is -0.494 e. The van der Waals surface area contributed by atoms with Crippen molar-refractivity contribution in [2.24, 2.45) is 10.2 Å². The van der Waals surface area contributed by atoms with Crippen LogP contribution in [-0.4, -0.2) is 20.8 Å². The molecule has 0 aliphatic heterocycles. The van der Waals surface area contributed by atoms with Crippen molar-refractivity contribution < 1.29 is 9.84 Å². The van der Waals surface area contributed by atoms with E-state index in [0.717, 1.165) is 0 Å². The molecule has 1 N–H and O–H groups in total. The Morgan fingerprint density at radius 3 is 2.06 bits per heavy atom. The van der Waals surface area contributed by atoms with Gasteiger partial charge in [-0.15, -0.1) is 5.11 Å². The van der Waals surface area contributed by atoms with Crippen LogP contribution in [0, 0.1) is 4.77 Å². The predicted molar refractivity (Wildman–Crippen MR) is 126 cm³/mol. The van der Waals surface area contributed by atoms with Gasteiger partial charge in [-0.05, 0) is 67.7 Å². The van der Waals surface area contributed by atoms with Crippen LogP contribution in [0.4, 0.5) is 11.4 Å². The lowest BCUT2D eigenvalue weighted by Gasteiger charge is -2.16. The van der Waals surface area contributed by atoms with Gasteiger partial charge in [-0.2, -0.15) is 5.11 Å². The second kappa shape index (κ2) is 9.40. The van der Waals surface area contributed by atoms with Crippen LogP contribution < -0.4 is 10.3 Å². The molecule has 1 aromatic heterocycles. The van der Waals surface area contributed by atoms with Gasteiger partial charge in [0.05, 0.1) is 23.7 Å². The minimum atomic E-state index is -0.569. The number of azo groups is 1. The van der Waals surface area contributed by atoms with Crippen molar-refractivity contribution >= 4 is 23.6 Å². The molecule has 4 aromatic rings. The van der Waals surface area contributed by atoms with Crippen molar-refractivity contribution in [2.45, 2.75) is 6.92 Å². The van der Waals surface area contributed by atoms with Crippen LogP contribution in [0.1, 0.15) is 6.92 Å². The molecule has 4 rings (SSSR count). The molecular weight excluding hydrogens is 424 g/mol. The van der Waals surface area contributed by atoms with Gasteiger partial charge in [0, 0.05) is 0 Å². The summed E-state index contributed by atoms with van der Waals surface area (Å²) in [4.78, 5) is 13.3. The van der Waals surface area contributed by atoms with E-state index in [1.54, 1.807) is 60.7 Å². The Hall–Kier alpha value is -4.04. The summed E-state index contributed by atoms with van der Waals surface area (Å²) in [6.45, 7) is 2.43. The van der Waals surface area contributed by atoms with Gasteiger partial charge in [0.25, 0.3) is 5.56 Å². The summed E-state index contributed by atoms with van der Waals surface area (Å²) in [5.74, 6) is 0.290. The number of rotatable bonds is 6. The molecule has 8 heteroatoms. The number of aromatic hydroxyl groups is 1. The van der Waals surface area contributed by atoms with E-state index in [1.165, 1.54) is 9.13 Å². The Morgan fingerprint density at radius 1 is 0.844 bits per heavy atom. The summed E-state index contributed by atoms with van der Waals surface area (Å²) in [6, 6.07) is 25.0. The standard InChI is InChI=1S/C24H20N4O3S/c1-2-31-20-15-13-19(14-16-20)28-23(30)21(26-25-17-9-5-3-6-10-17)22(29)27(24(28)32)18-11-7-4-8-12-18/h3-16,30H,2H2,1H3. The second-order valence-corrected chi connectivity index (χ2v) is 7.09. The van der Waals surface area contributed by atoms with E-state index in [0.29, 0.717) is 29.4 Å². The zero-order valence-electron chi connectivity index (χ0n) is 17.3. The second-order valence-electron chi connectivity index (χ2n) is 6.73. The highest BCUT2D eigenvalue weighted by atomic mass is 32.1. The maximum absolute atomic E-state index is 13.3. The number of aromatic nitrogens is 2. The molecule has 0 unspecified atom stereocenters. The molecule has 0 aliphatic rings. The summed E-state index contributed by atoms with van der Waals surface area (Å²) in [5, 5.41) is 19.2. The van der Waals surface area contributed by atoms with Gasteiger partial charge in [0.15, 0.2) is 4.77 Å². The van der Waals surface area contributed by atoms with Crippen molar-refractivity contribution in [3.05, 3.63) is 100 Å². The summed E-state index contributed by atoms with van der Waals surface area (Å²) in [7, 11) is 0. The maximum Gasteiger partial charge on any atom is 0.290 e. The highest BCUT2D eigenvalue weighted by Gasteiger charge is 2.19. The van der Waals surface area contributed by atoms with E-state index in [4.69, 9.17) is 17.0 Å². The van der Waals surface area contributed by atoms with E-state index in [1.807, 2.05) is 31.2 Å². The third-order valence-electron chi connectivity index (χ3n) is 4.65. The van der Waals surface area contributed by atoms with Gasteiger partial charge < -0.3 is 9.84 Å². The first-order valence-electron chi connectivity index (χ1n) is 9.96. The van der Waals surface area contributed by atoms with Crippen LogP contribution in [0.15, 0.2) is 100.0 Å². The fourth-order valence-corrected chi connectivity index (χ4v) is 3.55. The molecule has 0 bridgehead atoms. The van der Waals surface area contributed by atoms with Gasteiger partial charge in [0.2, 0.25) is 11.6 Å². The molecule has 0 amide bonds. The topological polar surface area (TPSA) is 81.1 Å². The predicted octanol–water partition coefficient (Wildman–Crippen LogP) is 5.88. The molecule has 160 valence electrons.